The fourth-order valence-electron chi connectivity index (χ4n) is 4.86. The van der Waals surface area contributed by atoms with Crippen LogP contribution in [0, 0.1) is 6.92 Å². The number of hydrogen-bond acceptors (Lipinski definition) is 6. The molecule has 5 aromatic rings. The van der Waals surface area contributed by atoms with E-state index in [0.717, 1.165) is 16.0 Å². The fraction of sp³-hybridized carbons (Fsp3) is 0.103. The van der Waals surface area contributed by atoms with Gasteiger partial charge in [0.05, 0.1) is 19.9 Å². The van der Waals surface area contributed by atoms with Gasteiger partial charge in [-0.3, -0.25) is 14.4 Å². The number of methoxy groups -OCH3 is 2. The van der Waals surface area contributed by atoms with E-state index in [1.54, 1.807) is 66.7 Å². The number of amides is 3. The average Bonchev–Trinajstić information content (AvgIpc) is 3.13. The summed E-state index contributed by atoms with van der Waals surface area (Å²) in [6, 6.07) is 35.9. The van der Waals surface area contributed by atoms with Crippen LogP contribution in [0.1, 0.15) is 32.3 Å². The Balaban J connectivity index is 1.36. The van der Waals surface area contributed by atoms with Gasteiger partial charge in [0.25, 0.3) is 11.8 Å². The highest BCUT2D eigenvalue weighted by molar-refractivity contribution is 8.00. The maximum Gasteiger partial charge on any atom is 0.272 e. The molecule has 0 aliphatic carbocycles. The first-order valence-electron chi connectivity index (χ1n) is 15.2. The summed E-state index contributed by atoms with van der Waals surface area (Å²) in [6.07, 6.45) is 1.57. The smallest absolute Gasteiger partial charge is 0.272 e. The molecule has 1 unspecified atom stereocenters. The highest BCUT2D eigenvalue weighted by Gasteiger charge is 2.24. The van der Waals surface area contributed by atoms with Crippen LogP contribution in [-0.2, 0) is 9.59 Å². The maximum atomic E-state index is 13.7. The molecule has 0 radical (unpaired) electrons. The molecular weight excluding hydrogens is 658 g/mol. The molecule has 49 heavy (non-hydrogen) atoms. The molecule has 0 aliphatic heterocycles. The van der Waals surface area contributed by atoms with Crippen LogP contribution in [0.15, 0.2) is 132 Å². The van der Waals surface area contributed by atoms with Gasteiger partial charge in [0, 0.05) is 32.8 Å². The summed E-state index contributed by atoms with van der Waals surface area (Å²) in [5, 5.41) is 8.55. The number of para-hydroxylation sites is 1. The second-order valence-electron chi connectivity index (χ2n) is 10.8. The Morgan fingerprint density at radius 1 is 0.755 bits per heavy atom. The highest BCUT2D eigenvalue weighted by Crippen LogP contribution is 2.38. The Bertz CT molecular complexity index is 1970. The predicted molar refractivity (Wildman–Crippen MR) is 196 cm³/mol. The molecule has 248 valence electrons. The van der Waals surface area contributed by atoms with Crippen LogP contribution in [0.5, 0.6) is 11.5 Å². The van der Waals surface area contributed by atoms with Crippen LogP contribution < -0.4 is 25.4 Å². The molecule has 1 atom stereocenters. The number of carbonyl (C=O) groups excluding carboxylic acids is 3. The van der Waals surface area contributed by atoms with E-state index in [1.807, 2.05) is 67.6 Å². The third kappa shape index (κ3) is 9.10. The van der Waals surface area contributed by atoms with Crippen molar-refractivity contribution in [1.82, 2.24) is 5.32 Å². The highest BCUT2D eigenvalue weighted by atomic mass is 35.5. The number of thioether (sulfide) groups is 1. The molecule has 0 bridgehead atoms. The lowest BCUT2D eigenvalue weighted by atomic mass is 10.1. The number of rotatable bonds is 12. The van der Waals surface area contributed by atoms with Gasteiger partial charge in [-0.1, -0.05) is 78.3 Å². The second-order valence-corrected chi connectivity index (χ2v) is 12.4. The van der Waals surface area contributed by atoms with Crippen molar-refractivity contribution < 1.29 is 23.9 Å². The molecule has 0 aliphatic rings. The Morgan fingerprint density at radius 3 is 2.06 bits per heavy atom. The summed E-state index contributed by atoms with van der Waals surface area (Å²) in [6.45, 7) is 1.86. The van der Waals surface area contributed by atoms with Gasteiger partial charge in [0.2, 0.25) is 5.91 Å². The lowest BCUT2D eigenvalue weighted by Gasteiger charge is -2.19. The van der Waals surface area contributed by atoms with Gasteiger partial charge in [-0.2, -0.15) is 0 Å². The van der Waals surface area contributed by atoms with Gasteiger partial charge < -0.3 is 25.4 Å². The third-order valence-electron chi connectivity index (χ3n) is 7.41. The van der Waals surface area contributed by atoms with Crippen LogP contribution in [0.3, 0.4) is 0 Å². The van der Waals surface area contributed by atoms with E-state index >= 15 is 0 Å². The predicted octanol–water partition coefficient (Wildman–Crippen LogP) is 8.55. The summed E-state index contributed by atoms with van der Waals surface area (Å²) in [7, 11) is 3.06. The lowest BCUT2D eigenvalue weighted by molar-refractivity contribution is -0.116. The fourth-order valence-corrected chi connectivity index (χ4v) is 6.04. The summed E-state index contributed by atoms with van der Waals surface area (Å²) in [5.74, 6) is -0.191. The minimum Gasteiger partial charge on any atom is -0.496 e. The number of anilines is 2. The first kappa shape index (κ1) is 34.8. The van der Waals surface area contributed by atoms with Crippen molar-refractivity contribution in [2.45, 2.75) is 17.1 Å². The number of aryl methyl sites for hydroxylation is 1. The Labute approximate surface area is 294 Å². The number of ether oxygens (including phenoxy) is 2. The van der Waals surface area contributed by atoms with E-state index in [0.29, 0.717) is 39.0 Å². The number of halogens is 1. The van der Waals surface area contributed by atoms with Crippen LogP contribution in [0.25, 0.3) is 6.08 Å². The Kier molecular flexibility index (Phi) is 11.8. The van der Waals surface area contributed by atoms with Crippen molar-refractivity contribution in [3.05, 3.63) is 154 Å². The van der Waals surface area contributed by atoms with Crippen molar-refractivity contribution in [2.24, 2.45) is 0 Å². The molecule has 3 N–H and O–H groups in total. The zero-order valence-electron chi connectivity index (χ0n) is 27.0. The topological polar surface area (TPSA) is 106 Å². The normalized spacial score (nSPS) is 11.6. The minimum absolute atomic E-state index is 0.0329. The van der Waals surface area contributed by atoms with Crippen LogP contribution in [0.4, 0.5) is 11.4 Å². The summed E-state index contributed by atoms with van der Waals surface area (Å²) >= 11 is 7.64. The molecule has 0 heterocycles. The van der Waals surface area contributed by atoms with Crippen LogP contribution in [0.2, 0.25) is 5.02 Å². The lowest BCUT2D eigenvalue weighted by Crippen LogP contribution is -2.30. The van der Waals surface area contributed by atoms with Gasteiger partial charge in [0.1, 0.15) is 22.4 Å². The van der Waals surface area contributed by atoms with E-state index in [4.69, 9.17) is 21.1 Å². The first-order valence-corrected chi connectivity index (χ1v) is 16.5. The van der Waals surface area contributed by atoms with E-state index < -0.39 is 17.1 Å². The SMILES string of the molecule is COc1ccccc1/C=C(\NC(=O)c1ccccc1)C(=O)Nc1ccc(SC(C(=O)Nc2cc(C)c(Cl)cc2OC)c2ccccc2)cc1. The molecule has 0 aromatic heterocycles. The van der Waals surface area contributed by atoms with Crippen LogP contribution >= 0.6 is 23.4 Å². The maximum absolute atomic E-state index is 13.7. The van der Waals surface area contributed by atoms with Crippen LogP contribution in [-0.4, -0.2) is 31.9 Å². The van der Waals surface area contributed by atoms with Crippen molar-refractivity contribution in [3.63, 3.8) is 0 Å². The third-order valence-corrected chi connectivity index (χ3v) is 9.09. The summed E-state index contributed by atoms with van der Waals surface area (Å²) in [5.41, 5.74) is 3.69. The van der Waals surface area contributed by atoms with E-state index in [-0.39, 0.29) is 11.6 Å². The first-order chi connectivity index (χ1) is 23.7. The standard InChI is InChI=1S/C39H34ClN3O5S/c1-25-22-32(35(48-3)24-31(25)40)42-39(46)36(26-12-6-4-7-13-26)49-30-20-18-29(19-21-30)41-38(45)33(23-28-16-10-11-17-34(28)47-2)43-37(44)27-14-8-5-9-15-27/h4-24,36H,1-3H3,(H,41,45)(H,42,46)(H,43,44)/b33-23-. The average molecular weight is 692 g/mol. The van der Waals surface area contributed by atoms with Gasteiger partial charge in [-0.25, -0.2) is 0 Å². The quantitative estimate of drug-likeness (QED) is 0.0895. The zero-order valence-corrected chi connectivity index (χ0v) is 28.6. The molecule has 3 amide bonds. The molecule has 0 saturated carbocycles. The molecule has 10 heteroatoms. The number of hydrogen-bond donors (Lipinski definition) is 3. The Hall–Kier alpha value is -5.51. The molecule has 5 aromatic carbocycles. The van der Waals surface area contributed by atoms with Gasteiger partial charge >= 0.3 is 0 Å². The molecule has 8 nitrogen and oxygen atoms in total. The number of benzene rings is 5. The zero-order chi connectivity index (χ0) is 34.8. The van der Waals surface area contributed by atoms with Crippen molar-refractivity contribution >= 4 is 58.5 Å². The van der Waals surface area contributed by atoms with Gasteiger partial charge in [-0.05, 0) is 72.7 Å². The number of nitrogens with one attached hydrogen (secondary N) is 3. The molecule has 0 spiro atoms. The monoisotopic (exact) mass is 691 g/mol. The molecule has 0 fully saturated rings. The Morgan fingerprint density at radius 2 is 1.39 bits per heavy atom. The van der Waals surface area contributed by atoms with E-state index in [1.165, 1.54) is 26.0 Å². The minimum atomic E-state index is -0.606. The molecule has 5 rings (SSSR count). The van der Waals surface area contributed by atoms with Crippen molar-refractivity contribution in [1.29, 1.82) is 0 Å². The molecular formula is C39H34ClN3O5S. The van der Waals surface area contributed by atoms with Crippen molar-refractivity contribution in [2.75, 3.05) is 24.9 Å². The summed E-state index contributed by atoms with van der Waals surface area (Å²) < 4.78 is 10.9. The molecule has 0 saturated heterocycles. The van der Waals surface area contributed by atoms with E-state index in [9.17, 15) is 14.4 Å². The van der Waals surface area contributed by atoms with Gasteiger partial charge in [-0.15, -0.1) is 11.8 Å². The second kappa shape index (κ2) is 16.5. The number of carbonyl (C=O) groups is 3. The van der Waals surface area contributed by atoms with Gasteiger partial charge in [0.15, 0.2) is 0 Å². The summed E-state index contributed by atoms with van der Waals surface area (Å²) in [4.78, 5) is 41.2. The van der Waals surface area contributed by atoms with E-state index in [2.05, 4.69) is 16.0 Å². The largest absolute Gasteiger partial charge is 0.496 e. The van der Waals surface area contributed by atoms with Crippen molar-refractivity contribution in [3.8, 4) is 11.5 Å².